The molecule has 2 N–H and O–H groups in total. The lowest BCUT2D eigenvalue weighted by Crippen LogP contribution is -2.38. The Morgan fingerprint density at radius 3 is 2.15 bits per heavy atom. The van der Waals surface area contributed by atoms with Gasteiger partial charge in [0, 0.05) is 23.9 Å². The first-order chi connectivity index (χ1) is 16.1. The number of nitrogens with zero attached hydrogens (tertiary/aromatic N) is 1. The van der Waals surface area contributed by atoms with E-state index < -0.39 is 29.8 Å². The number of carbonyl (C=O) groups is 3. The van der Waals surface area contributed by atoms with Gasteiger partial charge >= 0.3 is 18.2 Å². The van der Waals surface area contributed by atoms with Crippen molar-refractivity contribution in [3.8, 4) is 11.1 Å². The Morgan fingerprint density at radius 2 is 1.59 bits per heavy atom. The second-order valence-electron chi connectivity index (χ2n) is 9.07. The lowest BCUT2D eigenvalue weighted by Gasteiger charge is -2.21. The molecule has 176 valence electrons. The third-order valence-corrected chi connectivity index (χ3v) is 5.50. The fraction of sp³-hybridized carbons (Fsp3) is 0.269. The highest BCUT2D eigenvalue weighted by atomic mass is 16.6. The van der Waals surface area contributed by atoms with Crippen molar-refractivity contribution < 1.29 is 29.0 Å². The summed E-state index contributed by atoms with van der Waals surface area (Å²) >= 11 is 0. The normalized spacial score (nSPS) is 13.5. The molecule has 2 aromatic carbocycles. The number of benzene rings is 2. The van der Waals surface area contributed by atoms with Crippen molar-refractivity contribution in [2.75, 3.05) is 6.61 Å². The summed E-state index contributed by atoms with van der Waals surface area (Å²) in [7, 11) is 0. The molecule has 0 aliphatic heterocycles. The molecule has 0 spiro atoms. The zero-order valence-electron chi connectivity index (χ0n) is 19.1. The number of amides is 1. The van der Waals surface area contributed by atoms with Gasteiger partial charge in [-0.25, -0.2) is 14.4 Å². The number of alkyl carbamates (subject to hydrolysis) is 1. The van der Waals surface area contributed by atoms with E-state index in [1.165, 1.54) is 18.5 Å². The van der Waals surface area contributed by atoms with E-state index in [0.29, 0.717) is 0 Å². The first-order valence-corrected chi connectivity index (χ1v) is 10.9. The van der Waals surface area contributed by atoms with Crippen molar-refractivity contribution in [1.29, 1.82) is 0 Å². The average Bonchev–Trinajstić information content (AvgIpc) is 3.38. The first-order valence-electron chi connectivity index (χ1n) is 10.9. The number of nitrogens with one attached hydrogen (secondary N) is 1. The molecular weight excluding hydrogens is 436 g/mol. The zero-order valence-corrected chi connectivity index (χ0v) is 19.1. The summed E-state index contributed by atoms with van der Waals surface area (Å²) in [6, 6.07) is 16.1. The number of ether oxygens (including phenoxy) is 2. The van der Waals surface area contributed by atoms with Crippen LogP contribution in [0, 0.1) is 0 Å². The highest BCUT2D eigenvalue weighted by Gasteiger charge is 2.30. The standard InChI is InChI=1S/C26H26N2O6/c1-26(2,3)34-24(31)27-22(23(29)30)16-12-13-28(14-16)25(32)33-15-21-19-10-6-4-8-17(19)18-9-5-7-11-20(18)21/h4-14,21-22H,15H2,1-3H3,(H,27,31)(H,29,30). The third kappa shape index (κ3) is 4.80. The Labute approximate surface area is 197 Å². The maximum Gasteiger partial charge on any atom is 0.417 e. The lowest BCUT2D eigenvalue weighted by molar-refractivity contribution is -0.139. The molecule has 34 heavy (non-hydrogen) atoms. The molecule has 1 unspecified atom stereocenters. The Balaban J connectivity index is 1.46. The molecule has 1 atom stereocenters. The van der Waals surface area contributed by atoms with Crippen LogP contribution >= 0.6 is 0 Å². The lowest BCUT2D eigenvalue weighted by atomic mass is 9.98. The zero-order chi connectivity index (χ0) is 24.5. The van der Waals surface area contributed by atoms with Crippen molar-refractivity contribution in [3.63, 3.8) is 0 Å². The number of rotatable bonds is 5. The molecular formula is C26H26N2O6. The summed E-state index contributed by atoms with van der Waals surface area (Å²) in [5.41, 5.74) is 3.88. The Bertz CT molecular complexity index is 1190. The van der Waals surface area contributed by atoms with E-state index in [-0.39, 0.29) is 18.1 Å². The maximum absolute atomic E-state index is 12.7. The smallest absolute Gasteiger partial charge is 0.417 e. The van der Waals surface area contributed by atoms with Crippen molar-refractivity contribution in [3.05, 3.63) is 83.7 Å². The maximum atomic E-state index is 12.7. The van der Waals surface area contributed by atoms with Gasteiger partial charge in [0.1, 0.15) is 12.2 Å². The monoisotopic (exact) mass is 462 g/mol. The number of carbonyl (C=O) groups excluding carboxylic acids is 2. The van der Waals surface area contributed by atoms with Gasteiger partial charge in [0.25, 0.3) is 0 Å². The van der Waals surface area contributed by atoms with Crippen LogP contribution in [0.4, 0.5) is 9.59 Å². The van der Waals surface area contributed by atoms with Crippen molar-refractivity contribution >= 4 is 18.2 Å². The van der Waals surface area contributed by atoms with Gasteiger partial charge in [0.2, 0.25) is 0 Å². The summed E-state index contributed by atoms with van der Waals surface area (Å²) in [6.45, 7) is 5.17. The second-order valence-corrected chi connectivity index (χ2v) is 9.07. The van der Waals surface area contributed by atoms with E-state index in [9.17, 15) is 19.5 Å². The van der Waals surface area contributed by atoms with Crippen LogP contribution in [-0.2, 0) is 14.3 Å². The highest BCUT2D eigenvalue weighted by molar-refractivity contribution is 5.82. The van der Waals surface area contributed by atoms with Crippen molar-refractivity contribution in [2.24, 2.45) is 0 Å². The summed E-state index contributed by atoms with van der Waals surface area (Å²) < 4.78 is 11.9. The summed E-state index contributed by atoms with van der Waals surface area (Å²) in [5, 5.41) is 11.9. The van der Waals surface area contributed by atoms with Crippen LogP contribution in [0.1, 0.15) is 49.4 Å². The molecule has 0 radical (unpaired) electrons. The number of hydrogen-bond donors (Lipinski definition) is 2. The Kier molecular flexibility index (Phi) is 6.15. The molecule has 0 fully saturated rings. The molecule has 0 saturated heterocycles. The van der Waals surface area contributed by atoms with Crippen LogP contribution in [0.25, 0.3) is 11.1 Å². The second kappa shape index (κ2) is 9.05. The van der Waals surface area contributed by atoms with Crippen LogP contribution in [-0.4, -0.2) is 40.0 Å². The number of carboxylic acids is 1. The predicted molar refractivity (Wildman–Crippen MR) is 125 cm³/mol. The minimum Gasteiger partial charge on any atom is -0.479 e. The van der Waals surface area contributed by atoms with Crippen molar-refractivity contribution in [1.82, 2.24) is 9.88 Å². The minimum atomic E-state index is -1.38. The molecule has 4 rings (SSSR count). The molecule has 1 aromatic heterocycles. The predicted octanol–water partition coefficient (Wildman–Crippen LogP) is 4.94. The molecule has 1 heterocycles. The fourth-order valence-corrected chi connectivity index (χ4v) is 4.08. The van der Waals surface area contributed by atoms with Gasteiger partial charge in [-0.3, -0.25) is 4.57 Å². The molecule has 1 amide bonds. The molecule has 8 nitrogen and oxygen atoms in total. The molecule has 0 saturated carbocycles. The molecule has 3 aromatic rings. The number of hydrogen-bond acceptors (Lipinski definition) is 5. The van der Waals surface area contributed by atoms with Crippen LogP contribution in [0.3, 0.4) is 0 Å². The van der Waals surface area contributed by atoms with Crippen LogP contribution in [0.15, 0.2) is 67.0 Å². The fourth-order valence-electron chi connectivity index (χ4n) is 4.08. The van der Waals surface area contributed by atoms with E-state index in [2.05, 4.69) is 17.4 Å². The van der Waals surface area contributed by atoms with E-state index >= 15 is 0 Å². The van der Waals surface area contributed by atoms with Gasteiger partial charge in [-0.2, -0.15) is 0 Å². The van der Waals surface area contributed by atoms with Crippen molar-refractivity contribution in [2.45, 2.75) is 38.3 Å². The van der Waals surface area contributed by atoms with Crippen LogP contribution in [0.2, 0.25) is 0 Å². The molecule has 1 aliphatic carbocycles. The van der Waals surface area contributed by atoms with E-state index in [4.69, 9.17) is 9.47 Å². The number of aromatic nitrogens is 1. The number of fused-ring (bicyclic) bond motifs is 3. The highest BCUT2D eigenvalue weighted by Crippen LogP contribution is 2.44. The first kappa shape index (κ1) is 23.1. The quantitative estimate of drug-likeness (QED) is 0.556. The third-order valence-electron chi connectivity index (χ3n) is 5.50. The summed E-state index contributed by atoms with van der Waals surface area (Å²) in [6.07, 6.45) is 1.22. The van der Waals surface area contributed by atoms with Gasteiger partial charge in [-0.1, -0.05) is 48.5 Å². The van der Waals surface area contributed by atoms with E-state index in [1.807, 2.05) is 36.4 Å². The largest absolute Gasteiger partial charge is 0.479 e. The number of aliphatic carboxylic acids is 1. The Morgan fingerprint density at radius 1 is 1.00 bits per heavy atom. The van der Waals surface area contributed by atoms with Gasteiger partial charge in [-0.15, -0.1) is 0 Å². The van der Waals surface area contributed by atoms with Gasteiger partial charge < -0.3 is 19.9 Å². The summed E-state index contributed by atoms with van der Waals surface area (Å²) in [5.74, 6) is -1.37. The van der Waals surface area contributed by atoms with Crippen LogP contribution < -0.4 is 5.32 Å². The summed E-state index contributed by atoms with van der Waals surface area (Å²) in [4.78, 5) is 36.5. The Hall–Kier alpha value is -4.07. The van der Waals surface area contributed by atoms with Crippen LogP contribution in [0.5, 0.6) is 0 Å². The molecule has 8 heteroatoms. The van der Waals surface area contributed by atoms with E-state index in [1.54, 1.807) is 20.8 Å². The molecule has 1 aliphatic rings. The molecule has 0 bridgehead atoms. The number of carboxylic acid groups (broad SMARTS) is 1. The topological polar surface area (TPSA) is 107 Å². The average molecular weight is 463 g/mol. The van der Waals surface area contributed by atoms with Gasteiger partial charge in [0.15, 0.2) is 6.04 Å². The van der Waals surface area contributed by atoms with E-state index in [0.717, 1.165) is 26.8 Å². The minimum absolute atomic E-state index is 0.0908. The SMILES string of the molecule is CC(C)(C)OC(=O)NC(C(=O)O)c1ccn(C(=O)OCC2c3ccccc3-c3ccccc32)c1. The van der Waals surface area contributed by atoms with Gasteiger partial charge in [-0.05, 0) is 49.1 Å². The van der Waals surface area contributed by atoms with Gasteiger partial charge in [0.05, 0.1) is 0 Å².